The van der Waals surface area contributed by atoms with Crippen LogP contribution in [-0.4, -0.2) is 11.5 Å². The molecule has 0 N–H and O–H groups in total. The number of fused-ring (bicyclic) bond motifs is 1. The Balaban J connectivity index is 2.11. The molecule has 1 aliphatic heterocycles. The predicted octanol–water partition coefficient (Wildman–Crippen LogP) is 4.42. The van der Waals surface area contributed by atoms with E-state index < -0.39 is 0 Å². The highest BCUT2D eigenvalue weighted by Crippen LogP contribution is 2.38. The van der Waals surface area contributed by atoms with Gasteiger partial charge >= 0.3 is 0 Å². The minimum atomic E-state index is -0.331. The molecule has 3 rings (SSSR count). The van der Waals surface area contributed by atoms with Gasteiger partial charge in [0.15, 0.2) is 0 Å². The van der Waals surface area contributed by atoms with Crippen molar-refractivity contribution >= 4 is 28.7 Å². The number of anilines is 2. The van der Waals surface area contributed by atoms with Gasteiger partial charge in [0.2, 0.25) is 0 Å². The van der Waals surface area contributed by atoms with Crippen LogP contribution < -0.4 is 4.90 Å². The van der Waals surface area contributed by atoms with Crippen molar-refractivity contribution in [2.45, 2.75) is 18.7 Å². The number of nitro benzene ring substituents is 1. The maximum Gasteiger partial charge on any atom is 0.293 e. The molecule has 0 fully saturated rings. The number of aryl methyl sites for hydroxylation is 1. The van der Waals surface area contributed by atoms with Gasteiger partial charge in [-0.1, -0.05) is 24.3 Å². The molecule has 1 aliphatic rings. The lowest BCUT2D eigenvalue weighted by Crippen LogP contribution is -2.25. The molecule has 108 valence electrons. The average Bonchev–Trinajstić information content (AvgIpc) is 2.53. The third-order valence-corrected chi connectivity index (χ3v) is 4.10. The summed E-state index contributed by atoms with van der Waals surface area (Å²) in [4.78, 5) is 13.1. The van der Waals surface area contributed by atoms with Gasteiger partial charge in [0, 0.05) is 24.2 Å². The number of halogens is 1. The number of hydrogen-bond donors (Lipinski definition) is 0. The van der Waals surface area contributed by atoms with Crippen molar-refractivity contribution in [3.8, 4) is 0 Å². The van der Waals surface area contributed by atoms with Gasteiger partial charge in [0.1, 0.15) is 5.69 Å². The van der Waals surface area contributed by atoms with Gasteiger partial charge < -0.3 is 4.90 Å². The molecule has 2 aromatic carbocycles. The first kappa shape index (κ1) is 13.9. The maximum absolute atomic E-state index is 11.4. The van der Waals surface area contributed by atoms with Crippen molar-refractivity contribution in [3.05, 3.63) is 63.7 Å². The van der Waals surface area contributed by atoms with E-state index in [2.05, 4.69) is 6.07 Å². The van der Waals surface area contributed by atoms with Crippen molar-refractivity contribution < 1.29 is 4.92 Å². The molecule has 0 atom stereocenters. The van der Waals surface area contributed by atoms with Crippen LogP contribution in [0.2, 0.25) is 0 Å². The fourth-order valence-corrected chi connectivity index (χ4v) is 2.98. The van der Waals surface area contributed by atoms with Crippen LogP contribution in [0.25, 0.3) is 0 Å². The molecule has 0 unspecified atom stereocenters. The van der Waals surface area contributed by atoms with Gasteiger partial charge in [-0.25, -0.2) is 0 Å². The fraction of sp³-hybridized carbons (Fsp3) is 0.250. The summed E-state index contributed by atoms with van der Waals surface area (Å²) in [6, 6.07) is 13.3. The van der Waals surface area contributed by atoms with Crippen LogP contribution in [0.5, 0.6) is 0 Å². The Morgan fingerprint density at radius 2 is 2.00 bits per heavy atom. The third kappa shape index (κ3) is 2.59. The topological polar surface area (TPSA) is 46.4 Å². The first-order valence-electron chi connectivity index (χ1n) is 6.89. The average molecular weight is 303 g/mol. The molecule has 21 heavy (non-hydrogen) atoms. The summed E-state index contributed by atoms with van der Waals surface area (Å²) in [6.45, 7) is 0.790. The Labute approximate surface area is 128 Å². The summed E-state index contributed by atoms with van der Waals surface area (Å²) in [7, 11) is 0. The second-order valence-electron chi connectivity index (χ2n) is 5.10. The van der Waals surface area contributed by atoms with E-state index in [9.17, 15) is 10.1 Å². The molecule has 5 heteroatoms. The molecular formula is C16H15ClN2O2. The minimum Gasteiger partial charge on any atom is -0.336 e. The molecular weight excluding hydrogens is 288 g/mol. The van der Waals surface area contributed by atoms with Crippen molar-refractivity contribution in [2.75, 3.05) is 11.4 Å². The van der Waals surface area contributed by atoms with Crippen LogP contribution in [0.1, 0.15) is 17.5 Å². The third-order valence-electron chi connectivity index (χ3n) is 3.79. The fourth-order valence-electron chi connectivity index (χ4n) is 2.81. The van der Waals surface area contributed by atoms with Gasteiger partial charge in [-0.15, -0.1) is 11.6 Å². The Kier molecular flexibility index (Phi) is 3.80. The summed E-state index contributed by atoms with van der Waals surface area (Å²) in [5, 5.41) is 11.4. The van der Waals surface area contributed by atoms with Gasteiger partial charge in [-0.3, -0.25) is 10.1 Å². The first-order chi connectivity index (χ1) is 10.2. The molecule has 0 radical (unpaired) electrons. The van der Waals surface area contributed by atoms with Crippen molar-refractivity contribution in [1.29, 1.82) is 0 Å². The number of alkyl halides is 1. The quantitative estimate of drug-likeness (QED) is 0.479. The highest BCUT2D eigenvalue weighted by atomic mass is 35.5. The summed E-state index contributed by atoms with van der Waals surface area (Å²) < 4.78 is 0. The number of nitrogens with zero attached hydrogens (tertiary/aromatic N) is 2. The summed E-state index contributed by atoms with van der Waals surface area (Å²) in [5.74, 6) is 0.276. The number of rotatable bonds is 3. The number of para-hydroxylation sites is 1. The van der Waals surface area contributed by atoms with Crippen LogP contribution in [0.3, 0.4) is 0 Å². The Morgan fingerprint density at radius 1 is 1.19 bits per heavy atom. The lowest BCUT2D eigenvalue weighted by Gasteiger charge is -2.31. The van der Waals surface area contributed by atoms with E-state index >= 15 is 0 Å². The summed E-state index contributed by atoms with van der Waals surface area (Å²) >= 11 is 5.79. The molecule has 2 aromatic rings. The van der Waals surface area contributed by atoms with E-state index in [1.54, 1.807) is 12.1 Å². The van der Waals surface area contributed by atoms with Crippen LogP contribution >= 0.6 is 11.6 Å². The molecule has 0 spiro atoms. The van der Waals surface area contributed by atoms with Crippen molar-refractivity contribution in [2.24, 2.45) is 0 Å². The van der Waals surface area contributed by atoms with Gasteiger partial charge in [0.25, 0.3) is 5.69 Å². The van der Waals surface area contributed by atoms with Crippen LogP contribution in [0.15, 0.2) is 42.5 Å². The highest BCUT2D eigenvalue weighted by Gasteiger charge is 2.24. The van der Waals surface area contributed by atoms with Crippen molar-refractivity contribution in [3.63, 3.8) is 0 Å². The lowest BCUT2D eigenvalue weighted by atomic mass is 10.0. The second kappa shape index (κ2) is 5.74. The zero-order chi connectivity index (χ0) is 14.8. The predicted molar refractivity (Wildman–Crippen MR) is 84.4 cm³/mol. The zero-order valence-electron chi connectivity index (χ0n) is 11.5. The Bertz CT molecular complexity index is 688. The van der Waals surface area contributed by atoms with Crippen LogP contribution in [-0.2, 0) is 12.3 Å². The Hall–Kier alpha value is -2.07. The molecule has 1 heterocycles. The van der Waals surface area contributed by atoms with E-state index in [-0.39, 0.29) is 16.5 Å². The molecule has 0 bridgehead atoms. The van der Waals surface area contributed by atoms with E-state index in [0.717, 1.165) is 30.6 Å². The highest BCUT2D eigenvalue weighted by molar-refractivity contribution is 6.17. The van der Waals surface area contributed by atoms with E-state index in [4.69, 9.17) is 11.6 Å². The van der Waals surface area contributed by atoms with Gasteiger partial charge in [0.05, 0.1) is 4.92 Å². The molecule has 0 aliphatic carbocycles. The van der Waals surface area contributed by atoms with E-state index in [0.29, 0.717) is 5.69 Å². The van der Waals surface area contributed by atoms with Crippen LogP contribution in [0.4, 0.5) is 17.1 Å². The van der Waals surface area contributed by atoms with Crippen LogP contribution in [0, 0.1) is 10.1 Å². The number of nitro groups is 1. The number of benzene rings is 2. The molecule has 0 saturated carbocycles. The summed E-state index contributed by atoms with van der Waals surface area (Å²) in [6.07, 6.45) is 2.01. The molecule has 0 amide bonds. The van der Waals surface area contributed by atoms with Crippen molar-refractivity contribution in [1.82, 2.24) is 0 Å². The smallest absolute Gasteiger partial charge is 0.293 e. The molecule has 4 nitrogen and oxygen atoms in total. The van der Waals surface area contributed by atoms with E-state index in [1.165, 1.54) is 5.56 Å². The Morgan fingerprint density at radius 3 is 2.76 bits per heavy atom. The second-order valence-corrected chi connectivity index (χ2v) is 5.36. The molecule has 0 saturated heterocycles. The first-order valence-corrected chi connectivity index (χ1v) is 7.43. The number of hydrogen-bond acceptors (Lipinski definition) is 3. The van der Waals surface area contributed by atoms with Gasteiger partial charge in [-0.2, -0.15) is 0 Å². The van der Waals surface area contributed by atoms with Gasteiger partial charge in [-0.05, 0) is 36.1 Å². The standard InChI is InChI=1S/C16H15ClN2O2/c17-11-12-7-8-15(16(10-12)19(20)21)18-9-3-5-13-4-1-2-6-14(13)18/h1-2,4,6-8,10H,3,5,9,11H2. The zero-order valence-corrected chi connectivity index (χ0v) is 12.2. The van der Waals surface area contributed by atoms with E-state index in [1.807, 2.05) is 29.2 Å². The SMILES string of the molecule is O=[N+]([O-])c1cc(CCl)ccc1N1CCCc2ccccc21. The maximum atomic E-state index is 11.4. The minimum absolute atomic E-state index is 0.116. The normalized spacial score (nSPS) is 13.9. The largest absolute Gasteiger partial charge is 0.336 e. The molecule has 0 aromatic heterocycles. The monoisotopic (exact) mass is 302 g/mol. The lowest BCUT2D eigenvalue weighted by molar-refractivity contribution is -0.384. The summed E-state index contributed by atoms with van der Waals surface area (Å²) in [5.41, 5.74) is 3.81.